The number of benzene rings is 2. The van der Waals surface area contributed by atoms with E-state index in [4.69, 9.17) is 5.73 Å². The van der Waals surface area contributed by atoms with Gasteiger partial charge in [-0.1, -0.05) is 34.1 Å². The fourth-order valence-electron chi connectivity index (χ4n) is 2.02. The molecule has 1 unspecified atom stereocenters. The van der Waals surface area contributed by atoms with Gasteiger partial charge in [-0.25, -0.2) is 12.8 Å². The second-order valence-electron chi connectivity index (χ2n) is 4.89. The van der Waals surface area contributed by atoms with Gasteiger partial charge in [0.1, 0.15) is 5.82 Å². The van der Waals surface area contributed by atoms with E-state index in [2.05, 4.69) is 15.9 Å². The van der Waals surface area contributed by atoms with Gasteiger partial charge < -0.3 is 5.73 Å². The number of halogens is 2. The summed E-state index contributed by atoms with van der Waals surface area (Å²) in [6.45, 7) is 0. The van der Waals surface area contributed by atoms with E-state index >= 15 is 0 Å². The third kappa shape index (κ3) is 4.12. The molecule has 2 aromatic rings. The molecular weight excluding hydrogens is 357 g/mol. The maximum absolute atomic E-state index is 13.1. The zero-order valence-electron chi connectivity index (χ0n) is 11.4. The first-order valence-corrected chi connectivity index (χ1v) is 8.95. The highest BCUT2D eigenvalue weighted by atomic mass is 79.9. The van der Waals surface area contributed by atoms with Gasteiger partial charge in [-0.15, -0.1) is 0 Å². The van der Waals surface area contributed by atoms with Crippen LogP contribution in [0.5, 0.6) is 0 Å². The lowest BCUT2D eigenvalue weighted by atomic mass is 10.00. The number of sulfone groups is 1. The number of rotatable bonds is 4. The molecule has 2 rings (SSSR count). The third-order valence-corrected chi connectivity index (χ3v) is 5.02. The molecule has 6 heteroatoms. The molecule has 0 aliphatic heterocycles. The highest BCUT2D eigenvalue weighted by Gasteiger charge is 2.13. The molecule has 0 aromatic heterocycles. The summed E-state index contributed by atoms with van der Waals surface area (Å²) in [6, 6.07) is 10.6. The van der Waals surface area contributed by atoms with Crippen LogP contribution in [0.15, 0.2) is 51.8 Å². The molecule has 0 aliphatic carbocycles. The van der Waals surface area contributed by atoms with Gasteiger partial charge in [-0.3, -0.25) is 0 Å². The Morgan fingerprint density at radius 3 is 2.57 bits per heavy atom. The maximum Gasteiger partial charge on any atom is 0.175 e. The van der Waals surface area contributed by atoms with E-state index in [0.717, 1.165) is 17.4 Å². The SMILES string of the molecule is CS(=O)(=O)c1cccc(C(N)Cc2ccc(F)cc2Br)c1. The Labute approximate surface area is 132 Å². The van der Waals surface area contributed by atoms with E-state index in [0.29, 0.717) is 10.9 Å². The Kier molecular flexibility index (Phi) is 4.81. The van der Waals surface area contributed by atoms with Crippen LogP contribution >= 0.6 is 15.9 Å². The summed E-state index contributed by atoms with van der Waals surface area (Å²) in [5, 5.41) is 0. The van der Waals surface area contributed by atoms with Gasteiger partial charge in [-0.2, -0.15) is 0 Å². The second kappa shape index (κ2) is 6.25. The van der Waals surface area contributed by atoms with Crippen LogP contribution in [0.2, 0.25) is 0 Å². The summed E-state index contributed by atoms with van der Waals surface area (Å²) in [6.07, 6.45) is 1.64. The Hall–Kier alpha value is -1.24. The van der Waals surface area contributed by atoms with Crippen molar-refractivity contribution in [1.82, 2.24) is 0 Å². The van der Waals surface area contributed by atoms with Crippen LogP contribution in [0.25, 0.3) is 0 Å². The molecule has 2 N–H and O–H groups in total. The topological polar surface area (TPSA) is 60.2 Å². The molecule has 0 saturated carbocycles. The summed E-state index contributed by atoms with van der Waals surface area (Å²) in [4.78, 5) is 0.244. The Morgan fingerprint density at radius 2 is 1.95 bits per heavy atom. The minimum absolute atomic E-state index is 0.244. The smallest absolute Gasteiger partial charge is 0.175 e. The van der Waals surface area contributed by atoms with Crippen molar-refractivity contribution in [3.63, 3.8) is 0 Å². The van der Waals surface area contributed by atoms with Gasteiger partial charge in [0.15, 0.2) is 9.84 Å². The van der Waals surface area contributed by atoms with Crippen LogP contribution in [-0.4, -0.2) is 14.7 Å². The Bertz CT molecular complexity index is 762. The monoisotopic (exact) mass is 371 g/mol. The molecule has 0 radical (unpaired) electrons. The van der Waals surface area contributed by atoms with Crippen molar-refractivity contribution in [1.29, 1.82) is 0 Å². The minimum Gasteiger partial charge on any atom is -0.324 e. The fraction of sp³-hybridized carbons (Fsp3) is 0.200. The van der Waals surface area contributed by atoms with E-state index in [9.17, 15) is 12.8 Å². The van der Waals surface area contributed by atoms with E-state index in [1.807, 2.05) is 0 Å². The molecule has 0 saturated heterocycles. The third-order valence-electron chi connectivity index (χ3n) is 3.17. The molecule has 0 amide bonds. The number of hydrogen-bond acceptors (Lipinski definition) is 3. The summed E-state index contributed by atoms with van der Waals surface area (Å²) >= 11 is 3.30. The van der Waals surface area contributed by atoms with Crippen LogP contribution in [0, 0.1) is 5.82 Å². The van der Waals surface area contributed by atoms with Gasteiger partial charge >= 0.3 is 0 Å². The second-order valence-corrected chi connectivity index (χ2v) is 7.76. The normalized spacial score (nSPS) is 13.1. The Balaban J connectivity index is 2.26. The zero-order valence-corrected chi connectivity index (χ0v) is 13.8. The maximum atomic E-state index is 13.1. The van der Waals surface area contributed by atoms with Crippen molar-refractivity contribution in [2.45, 2.75) is 17.4 Å². The predicted octanol–water partition coefficient (Wildman–Crippen LogP) is 3.23. The van der Waals surface area contributed by atoms with Crippen LogP contribution in [0.4, 0.5) is 4.39 Å². The predicted molar refractivity (Wildman–Crippen MR) is 84.3 cm³/mol. The molecule has 112 valence electrons. The Morgan fingerprint density at radius 1 is 1.24 bits per heavy atom. The van der Waals surface area contributed by atoms with E-state index < -0.39 is 9.84 Å². The van der Waals surface area contributed by atoms with Gasteiger partial charge in [0.2, 0.25) is 0 Å². The fourth-order valence-corrected chi connectivity index (χ4v) is 3.21. The van der Waals surface area contributed by atoms with Gasteiger partial charge in [0.05, 0.1) is 4.90 Å². The summed E-state index contributed by atoms with van der Waals surface area (Å²) in [7, 11) is -3.26. The molecule has 21 heavy (non-hydrogen) atoms. The average molecular weight is 372 g/mol. The van der Waals surface area contributed by atoms with Gasteiger partial charge in [0.25, 0.3) is 0 Å². The molecule has 2 aromatic carbocycles. The number of hydrogen-bond donors (Lipinski definition) is 1. The molecule has 0 fully saturated rings. The summed E-state index contributed by atoms with van der Waals surface area (Å²) in [5.74, 6) is -0.321. The summed E-state index contributed by atoms with van der Waals surface area (Å²) in [5.41, 5.74) is 7.74. The lowest BCUT2D eigenvalue weighted by Crippen LogP contribution is -2.14. The zero-order chi connectivity index (χ0) is 15.6. The van der Waals surface area contributed by atoms with E-state index in [1.165, 1.54) is 12.1 Å². The highest BCUT2D eigenvalue weighted by molar-refractivity contribution is 9.10. The van der Waals surface area contributed by atoms with Gasteiger partial charge in [0, 0.05) is 16.8 Å². The van der Waals surface area contributed by atoms with Crippen LogP contribution in [0.1, 0.15) is 17.2 Å². The molecule has 1 atom stereocenters. The van der Waals surface area contributed by atoms with Gasteiger partial charge in [-0.05, 0) is 41.8 Å². The molecule has 0 aliphatic rings. The first-order valence-electron chi connectivity index (χ1n) is 6.27. The van der Waals surface area contributed by atoms with Crippen LogP contribution in [-0.2, 0) is 16.3 Å². The molecular formula is C15H15BrFNO2S. The first kappa shape index (κ1) is 16.1. The standard InChI is InChI=1S/C15H15BrFNO2S/c1-21(19,20)13-4-2-3-11(7-13)15(18)8-10-5-6-12(17)9-14(10)16/h2-7,9,15H,8,18H2,1H3. The van der Waals surface area contributed by atoms with Crippen LogP contribution in [0.3, 0.4) is 0 Å². The van der Waals surface area contributed by atoms with Crippen molar-refractivity contribution in [2.75, 3.05) is 6.26 Å². The minimum atomic E-state index is -3.26. The highest BCUT2D eigenvalue weighted by Crippen LogP contribution is 2.24. The van der Waals surface area contributed by atoms with Crippen molar-refractivity contribution in [3.05, 3.63) is 63.9 Å². The van der Waals surface area contributed by atoms with Crippen molar-refractivity contribution in [3.8, 4) is 0 Å². The lowest BCUT2D eigenvalue weighted by molar-refractivity contribution is 0.601. The number of nitrogens with two attached hydrogens (primary N) is 1. The largest absolute Gasteiger partial charge is 0.324 e. The van der Waals surface area contributed by atoms with Crippen molar-refractivity contribution in [2.24, 2.45) is 5.73 Å². The molecule has 0 bridgehead atoms. The van der Waals surface area contributed by atoms with Crippen LogP contribution < -0.4 is 5.73 Å². The molecule has 0 heterocycles. The lowest BCUT2D eigenvalue weighted by Gasteiger charge is -2.14. The average Bonchev–Trinajstić information content (AvgIpc) is 2.41. The van der Waals surface area contributed by atoms with Crippen molar-refractivity contribution >= 4 is 25.8 Å². The summed E-state index contributed by atoms with van der Waals surface area (Å²) < 4.78 is 36.8. The quantitative estimate of drug-likeness (QED) is 0.897. The van der Waals surface area contributed by atoms with E-state index in [-0.39, 0.29) is 16.8 Å². The van der Waals surface area contributed by atoms with Crippen molar-refractivity contribution < 1.29 is 12.8 Å². The molecule has 3 nitrogen and oxygen atoms in total. The first-order chi connectivity index (χ1) is 9.77. The molecule has 0 spiro atoms. The van der Waals surface area contributed by atoms with E-state index in [1.54, 1.807) is 30.3 Å².